The molecular formula is C19H16Cl2N2O2. The van der Waals surface area contributed by atoms with Gasteiger partial charge < -0.3 is 4.90 Å². The van der Waals surface area contributed by atoms with Gasteiger partial charge in [0.2, 0.25) is 0 Å². The molecule has 2 saturated heterocycles. The van der Waals surface area contributed by atoms with Crippen LogP contribution >= 0.6 is 23.2 Å². The van der Waals surface area contributed by atoms with Crippen molar-refractivity contribution in [1.82, 2.24) is 4.90 Å². The average Bonchev–Trinajstić information content (AvgIpc) is 3.05. The quantitative estimate of drug-likeness (QED) is 0.726. The number of halogens is 2. The van der Waals surface area contributed by atoms with Crippen LogP contribution in [0.1, 0.15) is 18.9 Å². The lowest BCUT2D eigenvalue weighted by Crippen LogP contribution is -2.43. The molecule has 2 aromatic carbocycles. The number of carbonyl (C=O) groups is 2. The van der Waals surface area contributed by atoms with E-state index in [1.165, 1.54) is 4.90 Å². The van der Waals surface area contributed by atoms with Crippen molar-refractivity contribution in [3.05, 3.63) is 64.1 Å². The summed E-state index contributed by atoms with van der Waals surface area (Å²) in [7, 11) is 0. The number of amides is 3. The number of urea groups is 1. The summed E-state index contributed by atoms with van der Waals surface area (Å²) < 4.78 is 0. The molecule has 4 nitrogen and oxygen atoms in total. The first-order valence-corrected chi connectivity index (χ1v) is 8.83. The molecule has 0 spiro atoms. The maximum atomic E-state index is 13.2. The van der Waals surface area contributed by atoms with E-state index in [0.29, 0.717) is 22.3 Å². The lowest BCUT2D eigenvalue weighted by Gasteiger charge is -2.29. The number of carbonyl (C=O) groups excluding carboxylic acids is 2. The molecule has 128 valence electrons. The van der Waals surface area contributed by atoms with Gasteiger partial charge in [-0.2, -0.15) is 0 Å². The van der Waals surface area contributed by atoms with Crippen molar-refractivity contribution in [2.24, 2.45) is 0 Å². The van der Waals surface area contributed by atoms with E-state index in [9.17, 15) is 9.59 Å². The topological polar surface area (TPSA) is 40.6 Å². The van der Waals surface area contributed by atoms with Gasteiger partial charge in [-0.15, -0.1) is 0 Å². The van der Waals surface area contributed by atoms with Crippen molar-refractivity contribution in [1.29, 1.82) is 0 Å². The Morgan fingerprint density at radius 2 is 1.68 bits per heavy atom. The molecule has 6 heteroatoms. The molecule has 2 aliphatic heterocycles. The van der Waals surface area contributed by atoms with E-state index in [1.807, 2.05) is 37.3 Å². The number of imide groups is 1. The van der Waals surface area contributed by atoms with E-state index in [1.54, 1.807) is 23.1 Å². The third-order valence-electron chi connectivity index (χ3n) is 5.22. The van der Waals surface area contributed by atoms with Crippen LogP contribution in [-0.4, -0.2) is 29.4 Å². The average molecular weight is 375 g/mol. The largest absolute Gasteiger partial charge is 0.332 e. The minimum atomic E-state index is -0.514. The summed E-state index contributed by atoms with van der Waals surface area (Å²) >= 11 is 12.1. The van der Waals surface area contributed by atoms with E-state index < -0.39 is 11.5 Å². The van der Waals surface area contributed by atoms with E-state index in [2.05, 4.69) is 0 Å². The number of nitrogens with zero attached hydrogens (tertiary/aromatic N) is 2. The third-order valence-corrected chi connectivity index (χ3v) is 5.65. The Morgan fingerprint density at radius 3 is 2.32 bits per heavy atom. The van der Waals surface area contributed by atoms with Crippen LogP contribution in [0.2, 0.25) is 10.0 Å². The van der Waals surface area contributed by atoms with E-state index in [4.69, 9.17) is 23.2 Å². The number of hydrogen-bond acceptors (Lipinski definition) is 2. The fourth-order valence-electron chi connectivity index (χ4n) is 3.95. The number of fused-ring (bicyclic) bond motifs is 1. The highest BCUT2D eigenvalue weighted by atomic mass is 35.5. The van der Waals surface area contributed by atoms with Crippen LogP contribution in [0.5, 0.6) is 0 Å². The molecule has 0 bridgehead atoms. The van der Waals surface area contributed by atoms with Crippen molar-refractivity contribution in [2.45, 2.75) is 24.8 Å². The lowest BCUT2D eigenvalue weighted by atomic mass is 9.76. The second kappa shape index (κ2) is 5.75. The Kier molecular flexibility index (Phi) is 3.78. The first kappa shape index (κ1) is 16.4. The molecule has 2 aromatic rings. The van der Waals surface area contributed by atoms with E-state index in [0.717, 1.165) is 12.0 Å². The molecule has 0 N–H and O–H groups in total. The molecular weight excluding hydrogens is 359 g/mol. The summed E-state index contributed by atoms with van der Waals surface area (Å²) in [4.78, 5) is 28.9. The summed E-state index contributed by atoms with van der Waals surface area (Å²) in [6.07, 6.45) is 0.753. The highest BCUT2D eigenvalue weighted by molar-refractivity contribution is 6.35. The van der Waals surface area contributed by atoms with Gasteiger partial charge in [-0.05, 0) is 30.2 Å². The number of rotatable bonds is 2. The molecule has 4 rings (SSSR count). The molecule has 2 fully saturated rings. The van der Waals surface area contributed by atoms with Gasteiger partial charge in [0.05, 0.1) is 5.69 Å². The summed E-state index contributed by atoms with van der Waals surface area (Å²) in [5.41, 5.74) is 1.07. The van der Waals surface area contributed by atoms with Crippen molar-refractivity contribution in [2.75, 3.05) is 11.4 Å². The van der Waals surface area contributed by atoms with Gasteiger partial charge in [-0.25, -0.2) is 9.69 Å². The number of hydrogen-bond donors (Lipinski definition) is 0. The minimum Gasteiger partial charge on any atom is -0.311 e. The van der Waals surface area contributed by atoms with Gasteiger partial charge >= 0.3 is 6.03 Å². The SMILES string of the molecule is C[C@]1(c2ccccc2)CCN2C(=O)N(c3cc(Cl)cc(Cl)c3)C(=O)C21. The van der Waals surface area contributed by atoms with Crippen LogP contribution in [0, 0.1) is 0 Å². The highest BCUT2D eigenvalue weighted by Gasteiger charge is 2.58. The molecule has 2 heterocycles. The number of benzene rings is 2. The van der Waals surface area contributed by atoms with Gasteiger partial charge in [0.1, 0.15) is 6.04 Å². The Morgan fingerprint density at radius 1 is 1.04 bits per heavy atom. The van der Waals surface area contributed by atoms with E-state index in [-0.39, 0.29) is 11.9 Å². The monoisotopic (exact) mass is 374 g/mol. The zero-order valence-electron chi connectivity index (χ0n) is 13.6. The Labute approximate surface area is 155 Å². The van der Waals surface area contributed by atoms with Crippen LogP contribution in [0.4, 0.5) is 10.5 Å². The van der Waals surface area contributed by atoms with Gasteiger partial charge in [0, 0.05) is 22.0 Å². The summed E-state index contributed by atoms with van der Waals surface area (Å²) in [5, 5.41) is 0.780. The molecule has 0 aliphatic carbocycles. The van der Waals surface area contributed by atoms with Crippen molar-refractivity contribution < 1.29 is 9.59 Å². The molecule has 25 heavy (non-hydrogen) atoms. The van der Waals surface area contributed by atoms with Gasteiger partial charge in [0.25, 0.3) is 5.91 Å². The van der Waals surface area contributed by atoms with Crippen LogP contribution < -0.4 is 4.90 Å². The predicted molar refractivity (Wildman–Crippen MR) is 98.2 cm³/mol. The van der Waals surface area contributed by atoms with Crippen LogP contribution in [0.3, 0.4) is 0 Å². The Balaban J connectivity index is 1.77. The fourth-order valence-corrected chi connectivity index (χ4v) is 4.46. The molecule has 1 unspecified atom stereocenters. The first-order valence-electron chi connectivity index (χ1n) is 8.08. The molecule has 2 aliphatic rings. The Hall–Kier alpha value is -2.04. The van der Waals surface area contributed by atoms with Crippen LogP contribution in [0.25, 0.3) is 0 Å². The third kappa shape index (κ3) is 2.43. The van der Waals surface area contributed by atoms with E-state index >= 15 is 0 Å². The summed E-state index contributed by atoms with van der Waals surface area (Å²) in [6, 6.07) is 13.8. The maximum Gasteiger partial charge on any atom is 0.332 e. The van der Waals surface area contributed by atoms with Crippen LogP contribution in [-0.2, 0) is 10.2 Å². The summed E-state index contributed by atoms with van der Waals surface area (Å²) in [5.74, 6) is -0.229. The second-order valence-electron chi connectivity index (χ2n) is 6.71. The highest BCUT2D eigenvalue weighted by Crippen LogP contribution is 2.45. The molecule has 0 saturated carbocycles. The van der Waals surface area contributed by atoms with Gasteiger partial charge in [-0.1, -0.05) is 60.5 Å². The van der Waals surface area contributed by atoms with Crippen molar-refractivity contribution in [3.63, 3.8) is 0 Å². The van der Waals surface area contributed by atoms with Crippen molar-refractivity contribution in [3.8, 4) is 0 Å². The Bertz CT molecular complexity index is 851. The fraction of sp³-hybridized carbons (Fsp3) is 0.263. The smallest absolute Gasteiger partial charge is 0.311 e. The van der Waals surface area contributed by atoms with Crippen molar-refractivity contribution >= 4 is 40.8 Å². The predicted octanol–water partition coefficient (Wildman–Crippen LogP) is 4.49. The lowest BCUT2D eigenvalue weighted by molar-refractivity contribution is -0.120. The first-order chi connectivity index (χ1) is 11.9. The zero-order valence-corrected chi connectivity index (χ0v) is 15.1. The number of anilines is 1. The molecule has 3 amide bonds. The van der Waals surface area contributed by atoms with Gasteiger partial charge in [-0.3, -0.25) is 4.79 Å². The molecule has 2 atom stereocenters. The zero-order chi connectivity index (χ0) is 17.8. The normalized spacial score (nSPS) is 25.6. The minimum absolute atomic E-state index is 0.229. The standard InChI is InChI=1S/C19H16Cl2N2O2/c1-19(12-5-3-2-4-6-12)7-8-22-16(19)17(24)23(18(22)25)15-10-13(20)9-14(21)11-15/h2-6,9-11,16H,7-8H2,1H3/t16?,19-/m1/s1. The second-order valence-corrected chi connectivity index (χ2v) is 7.59. The maximum absolute atomic E-state index is 13.2. The summed E-state index contributed by atoms with van der Waals surface area (Å²) in [6.45, 7) is 2.60. The molecule has 0 aromatic heterocycles. The molecule has 0 radical (unpaired) electrons. The van der Waals surface area contributed by atoms with Gasteiger partial charge in [0.15, 0.2) is 0 Å². The van der Waals surface area contributed by atoms with Crippen LogP contribution in [0.15, 0.2) is 48.5 Å².